The van der Waals surface area contributed by atoms with Gasteiger partial charge in [-0.15, -0.1) is 0 Å². The van der Waals surface area contributed by atoms with Crippen LogP contribution in [0.4, 0.5) is 0 Å². The molecule has 0 spiro atoms. The zero-order valence-electron chi connectivity index (χ0n) is 65.2. The quantitative estimate of drug-likeness (QED) is 0.0198. The molecule has 16 atom stereocenters. The molecule has 0 radical (unpaired) electrons. The van der Waals surface area contributed by atoms with Crippen molar-refractivity contribution in [2.75, 3.05) is 74.0 Å². The highest BCUT2D eigenvalue weighted by molar-refractivity contribution is 8.77. The first-order valence-electron chi connectivity index (χ1n) is 37.4. The summed E-state index contributed by atoms with van der Waals surface area (Å²) < 4.78 is 0. The van der Waals surface area contributed by atoms with Gasteiger partial charge in [-0.05, 0) is 63.8 Å². The molecule has 3 aliphatic heterocycles. The van der Waals surface area contributed by atoms with E-state index in [-0.39, 0.29) is 70.3 Å². The van der Waals surface area contributed by atoms with Gasteiger partial charge in [-0.25, -0.2) is 4.98 Å². The van der Waals surface area contributed by atoms with Gasteiger partial charge in [-0.2, -0.15) is 0 Å². The zero-order valence-corrected chi connectivity index (χ0v) is 70.1. The fourth-order valence-electron chi connectivity index (χ4n) is 11.1. The molecule has 1 aromatic heterocycles. The number of imidazole rings is 1. The molecular formula is C65H107N27O22S6. The van der Waals surface area contributed by atoms with Crippen molar-refractivity contribution in [2.45, 2.75) is 181 Å². The van der Waals surface area contributed by atoms with Gasteiger partial charge in [-0.3, -0.25) is 97.1 Å². The van der Waals surface area contributed by atoms with E-state index in [0.29, 0.717) is 21.6 Å². The van der Waals surface area contributed by atoms with Crippen LogP contribution in [0.2, 0.25) is 0 Å². The molecule has 3 fully saturated rings. The van der Waals surface area contributed by atoms with Crippen molar-refractivity contribution in [3.63, 3.8) is 0 Å². The van der Waals surface area contributed by atoms with Gasteiger partial charge in [0.05, 0.1) is 45.0 Å². The molecule has 0 unspecified atom stereocenters. The number of aromatic amines is 1. The number of carbonyl (C=O) groups is 18. The summed E-state index contributed by atoms with van der Waals surface area (Å²) in [6, 6.07) is -29.6. The minimum Gasteiger partial charge on any atom is -0.481 e. The van der Waals surface area contributed by atoms with Gasteiger partial charge in [0, 0.05) is 65.9 Å². The molecule has 0 aliphatic carbocycles. The van der Waals surface area contributed by atoms with E-state index in [9.17, 15) is 102 Å². The molecule has 1 aromatic rings. The fraction of sp³-hybridized carbons (Fsp3) is 0.646. The molecule has 4 rings (SSSR count). The van der Waals surface area contributed by atoms with Gasteiger partial charge in [0.25, 0.3) is 0 Å². The Morgan fingerprint density at radius 1 is 0.433 bits per heavy atom. The average molecular weight is 1810 g/mol. The Morgan fingerprint density at radius 2 is 0.767 bits per heavy atom. The molecule has 0 aromatic carbocycles. The van der Waals surface area contributed by atoms with E-state index in [0.717, 1.165) is 43.2 Å². The first-order valence-corrected chi connectivity index (χ1v) is 44.8. The Balaban J connectivity index is 2.12. The van der Waals surface area contributed by atoms with Crippen LogP contribution in [0.3, 0.4) is 0 Å². The van der Waals surface area contributed by atoms with Crippen molar-refractivity contribution in [3.8, 4) is 0 Å². The molecule has 3 aliphatic rings. The lowest BCUT2D eigenvalue weighted by Gasteiger charge is -2.28. The summed E-state index contributed by atoms with van der Waals surface area (Å²) in [4.78, 5) is 264. The van der Waals surface area contributed by atoms with Gasteiger partial charge < -0.3 is 150 Å². The second-order valence-electron chi connectivity index (χ2n) is 27.6. The summed E-state index contributed by atoms with van der Waals surface area (Å²) >= 11 is 0. The molecule has 670 valence electrons. The first-order chi connectivity index (χ1) is 56.9. The molecule has 0 saturated carbocycles. The number of unbranched alkanes of at least 4 members (excludes halogenated alkanes) is 1. The minimum atomic E-state index is -2.15. The molecule has 3 saturated heterocycles. The smallest absolute Gasteiger partial charge is 0.305 e. The summed E-state index contributed by atoms with van der Waals surface area (Å²) in [6.07, 6.45) is -1.49. The number of nitrogens with zero attached hydrogens (tertiary/aromatic N) is 1. The topological polar surface area (TPSA) is 825 Å². The van der Waals surface area contributed by atoms with Crippen LogP contribution in [0.5, 0.6) is 0 Å². The predicted octanol–water partition coefficient (Wildman–Crippen LogP) is -12.7. The molecule has 4 bridgehead atoms. The van der Waals surface area contributed by atoms with Crippen LogP contribution >= 0.6 is 64.8 Å². The normalized spacial score (nSPS) is 27.1. The number of aliphatic hydroxyl groups excluding tert-OH is 3. The lowest BCUT2D eigenvalue weighted by atomic mass is 10.0. The van der Waals surface area contributed by atoms with E-state index < -0.39 is 301 Å². The number of hydrogen-bond donors (Lipinski definition) is 30. The molecule has 49 nitrogen and oxygen atoms in total. The number of nitrogens with two attached hydrogens (primary N) is 6. The number of H-pyrrole nitrogens is 1. The number of carbonyl (C=O) groups excluding carboxylic acids is 17. The number of guanidine groups is 2. The van der Waals surface area contributed by atoms with E-state index in [4.69, 9.17) is 45.2 Å². The molecule has 4 heterocycles. The number of hydrogen-bond acceptors (Lipinski definition) is 32. The Labute approximate surface area is 710 Å². The summed E-state index contributed by atoms with van der Waals surface area (Å²) in [6.45, 7) is -0.636. The maximum atomic E-state index is 15.1. The Bertz CT molecular complexity index is 3750. The van der Waals surface area contributed by atoms with E-state index in [1.54, 1.807) is 13.8 Å². The molecule has 36 N–H and O–H groups in total. The fourth-order valence-corrected chi connectivity index (χ4v) is 18.0. The minimum absolute atomic E-state index is 0.0835. The summed E-state index contributed by atoms with van der Waals surface area (Å²) in [7, 11) is 4.43. The highest BCUT2D eigenvalue weighted by atomic mass is 33.1. The Morgan fingerprint density at radius 3 is 1.18 bits per heavy atom. The lowest BCUT2D eigenvalue weighted by molar-refractivity contribution is -0.141. The number of rotatable bonds is 24. The first kappa shape index (κ1) is 102. The highest BCUT2D eigenvalue weighted by Crippen LogP contribution is 2.27. The number of nitrogens with one attached hydrogen (secondary N) is 20. The number of amides is 17. The van der Waals surface area contributed by atoms with Crippen molar-refractivity contribution in [2.24, 2.45) is 40.3 Å². The number of aromatic nitrogens is 2. The summed E-state index contributed by atoms with van der Waals surface area (Å²) in [5.74, 6) is -27.3. The SMILES string of the molecule is CC(C)C[C@@H]1NC(=O)[C@H](CCCCN)NC(=O)[C@H](CO)NC(=O)[C@H](CO)NC(=O)[C@@H]2CSSC[C@@H](C(N)=O)NC(=O)[C@@H]3CSSC[C@H](NC(=O)[C@@H](N)CSSC[C@H](NC1=O)C(=O)N[C@@H](CCCNC(=N)N)C(=O)N[C@@H](CC(=O)O)C(=O)N[C@@H](Cc1cnc[nH]1)C(=O)N[C@@H](CO)C(=O)N[C@@H](CCCNC(=N)N)C(=O)N3)C(=O)N[C@H](CC(N)=O)C(=O)N2. The van der Waals surface area contributed by atoms with Crippen molar-refractivity contribution in [1.29, 1.82) is 10.8 Å². The number of aliphatic carboxylic acids is 1. The third-order valence-electron chi connectivity index (χ3n) is 17.5. The number of carboxylic acid groups (broad SMARTS) is 1. The van der Waals surface area contributed by atoms with Crippen molar-refractivity contribution in [1.82, 2.24) is 100 Å². The van der Waals surface area contributed by atoms with Crippen LogP contribution < -0.4 is 125 Å². The standard InChI is InChI=1S/C65H107N27O22S6/c1-28(2)13-34-53(104)91-43-24-117-115-21-30(67)49(100)89-42-23-119-120-26-45(63(114)88-41(48(69)99)22-116-118-25-44(92-55(106)36(15-46(68)96)83-61(42)112)62(113)87-40(20-95)59(110)86-39(19-94)58(109)78-31(50(101)81-34)7-3-4-10-66)90-52(103)33(9-6-12-76-65(72)73)79-57(108)38(18-93)85-54(105)35(14-29-17-74-27-77-29)82-56(107)37(16-47(97)98)84-51(102)32(80-60(43)111)8-5-11-75-64(70)71/h17,27-28,30-45,93-95H,3-16,18-26,66-67H2,1-2H3,(H2,68,96)(H2,69,99)(H,74,77)(H,78,109)(H,79,108)(H,80,111)(H,81,101)(H,82,107)(H,83,112)(H,84,102)(H,85,105)(H,86,110)(H,87,113)(H,88,114)(H,89,100)(H,90,103)(H,91,104)(H,92,106)(H,97,98)(H4,70,71,75)(H4,72,73,76)/t30-,31-,32-,33-,34-,35-,36+,37-,38-,39-,40-,41-,42-,43-,44-,45-/m0/s1. The van der Waals surface area contributed by atoms with Crippen LogP contribution in [-0.2, 0) is 92.7 Å². The van der Waals surface area contributed by atoms with Gasteiger partial charge in [-0.1, -0.05) is 78.6 Å². The third-order valence-corrected chi connectivity index (χ3v) is 24.8. The predicted molar refractivity (Wildman–Crippen MR) is 441 cm³/mol. The maximum absolute atomic E-state index is 15.1. The Kier molecular flexibility index (Phi) is 45.8. The molecule has 55 heteroatoms. The van der Waals surface area contributed by atoms with E-state index >= 15 is 4.79 Å². The van der Waals surface area contributed by atoms with Gasteiger partial charge in [0.15, 0.2) is 11.9 Å². The number of carboxylic acids is 1. The highest BCUT2D eigenvalue weighted by Gasteiger charge is 2.40. The van der Waals surface area contributed by atoms with E-state index in [1.165, 1.54) is 12.5 Å². The van der Waals surface area contributed by atoms with Gasteiger partial charge in [0.2, 0.25) is 100 Å². The maximum Gasteiger partial charge on any atom is 0.305 e. The monoisotopic (exact) mass is 1810 g/mol. The van der Waals surface area contributed by atoms with Crippen LogP contribution in [0.15, 0.2) is 12.5 Å². The van der Waals surface area contributed by atoms with Crippen molar-refractivity contribution in [3.05, 3.63) is 18.2 Å². The number of aliphatic hydroxyl groups is 3. The van der Waals surface area contributed by atoms with Gasteiger partial charge >= 0.3 is 5.97 Å². The molecule has 120 heavy (non-hydrogen) atoms. The van der Waals surface area contributed by atoms with E-state index in [1.807, 2.05) is 0 Å². The van der Waals surface area contributed by atoms with Crippen LogP contribution in [0, 0.1) is 16.7 Å². The van der Waals surface area contributed by atoms with Crippen LogP contribution in [-0.4, -0.2) is 319 Å². The Hall–Kier alpha value is -9.89. The van der Waals surface area contributed by atoms with Crippen molar-refractivity contribution >= 4 is 183 Å². The largest absolute Gasteiger partial charge is 0.481 e. The average Bonchev–Trinajstić information content (AvgIpc) is 1.13. The molecular weight excluding hydrogens is 1700 g/mol. The lowest BCUT2D eigenvalue weighted by Crippen LogP contribution is -2.62. The third kappa shape index (κ3) is 37.0. The zero-order chi connectivity index (χ0) is 89.3. The van der Waals surface area contributed by atoms with Crippen LogP contribution in [0.1, 0.15) is 83.7 Å². The number of primary amides is 2. The van der Waals surface area contributed by atoms with Gasteiger partial charge in [0.1, 0.15) is 90.6 Å². The van der Waals surface area contributed by atoms with E-state index in [2.05, 4.69) is 100 Å². The second-order valence-corrected chi connectivity index (χ2v) is 35.3. The summed E-state index contributed by atoms with van der Waals surface area (Å²) in [5, 5.41) is 98.5. The van der Waals surface area contributed by atoms with Crippen molar-refractivity contribution < 1.29 is 107 Å². The second kappa shape index (κ2) is 53.7. The summed E-state index contributed by atoms with van der Waals surface area (Å²) in [5.41, 5.74) is 34.9. The number of fused-ring (bicyclic) bond motifs is 16. The van der Waals surface area contributed by atoms with Crippen LogP contribution in [0.25, 0.3) is 0 Å². The molecule has 17 amide bonds.